The number of aliphatic hydroxyl groups excluding tert-OH is 2. The number of carbonyl (C=O) groups excluding carboxylic acids is 2. The molecule has 0 aliphatic carbocycles. The first-order valence-corrected chi connectivity index (χ1v) is 16.5. The third-order valence-electron chi connectivity index (χ3n) is 6.32. The second-order valence-corrected chi connectivity index (χ2v) is 11.6. The quantitative estimate of drug-likeness (QED) is 0.0570. The minimum absolute atomic E-state index is 0.126. The molecule has 0 aromatic rings. The van der Waals surface area contributed by atoms with E-state index in [2.05, 4.69) is 11.4 Å². The lowest BCUT2D eigenvalue weighted by Crippen LogP contribution is -2.29. The fourth-order valence-corrected chi connectivity index (χ4v) is 4.70. The van der Waals surface area contributed by atoms with Crippen molar-refractivity contribution >= 4 is 19.8 Å². The van der Waals surface area contributed by atoms with Crippen LogP contribution in [0.2, 0.25) is 0 Å². The molecular weight excluding hydrogens is 527 g/mol. The molecule has 0 aromatic carbocycles. The highest BCUT2D eigenvalue weighted by Crippen LogP contribution is 2.43. The maximum absolute atomic E-state index is 12.3. The molecule has 11 heteroatoms. The summed E-state index contributed by atoms with van der Waals surface area (Å²) in [7, 11) is -4.57. The molecule has 0 fully saturated rings. The van der Waals surface area contributed by atoms with Crippen LogP contribution < -0.4 is 0 Å². The first kappa shape index (κ1) is 38.0. The van der Waals surface area contributed by atoms with Gasteiger partial charge < -0.3 is 24.6 Å². The molecule has 3 N–H and O–H groups in total. The Morgan fingerprint density at radius 1 is 0.692 bits per heavy atom. The summed E-state index contributed by atoms with van der Waals surface area (Å²) in [6.45, 7) is 1.74. The standard InChI is InChI=1S/C28H55O10P/c1-3-5-6-7-8-9-10-11-12-13-14-15-16-17-18-19-20-28(32)38-26(23-35-27(31)4-2)24-37-39(33,34)36-22-25(30)21-29/h25-26,29-30H,3-24H2,1-2H3,(H,33,34). The fraction of sp³-hybridized carbons (Fsp3) is 0.929. The van der Waals surface area contributed by atoms with Gasteiger partial charge in [0.1, 0.15) is 12.7 Å². The maximum atomic E-state index is 12.3. The number of rotatable bonds is 28. The minimum Gasteiger partial charge on any atom is -0.462 e. The summed E-state index contributed by atoms with van der Waals surface area (Å²) in [4.78, 5) is 33.4. The minimum atomic E-state index is -4.57. The van der Waals surface area contributed by atoms with Crippen molar-refractivity contribution in [3.63, 3.8) is 0 Å². The van der Waals surface area contributed by atoms with Crippen LogP contribution in [0.15, 0.2) is 0 Å². The van der Waals surface area contributed by atoms with Gasteiger partial charge in [-0.25, -0.2) is 4.57 Å². The lowest BCUT2D eigenvalue weighted by Gasteiger charge is -2.20. The van der Waals surface area contributed by atoms with Gasteiger partial charge in [0.2, 0.25) is 0 Å². The highest BCUT2D eigenvalue weighted by molar-refractivity contribution is 7.47. The Kier molecular flexibility index (Phi) is 25.2. The molecule has 0 aromatic heterocycles. The molecule has 0 aliphatic rings. The van der Waals surface area contributed by atoms with Crippen LogP contribution in [0.1, 0.15) is 129 Å². The van der Waals surface area contributed by atoms with Crippen LogP contribution in [0.3, 0.4) is 0 Å². The zero-order valence-electron chi connectivity index (χ0n) is 24.4. The fourth-order valence-electron chi connectivity index (χ4n) is 3.91. The van der Waals surface area contributed by atoms with E-state index in [1.165, 1.54) is 77.0 Å². The van der Waals surface area contributed by atoms with Gasteiger partial charge in [0.25, 0.3) is 0 Å². The Morgan fingerprint density at radius 2 is 1.15 bits per heavy atom. The van der Waals surface area contributed by atoms with E-state index in [1.54, 1.807) is 6.92 Å². The van der Waals surface area contributed by atoms with Crippen molar-refractivity contribution in [1.29, 1.82) is 0 Å². The van der Waals surface area contributed by atoms with Gasteiger partial charge in [-0.1, -0.05) is 110 Å². The molecule has 0 spiro atoms. The average Bonchev–Trinajstić information content (AvgIpc) is 2.92. The molecule has 0 radical (unpaired) electrons. The monoisotopic (exact) mass is 582 g/mol. The van der Waals surface area contributed by atoms with Crippen LogP contribution in [-0.4, -0.2) is 65.7 Å². The Morgan fingerprint density at radius 3 is 1.62 bits per heavy atom. The third-order valence-corrected chi connectivity index (χ3v) is 7.27. The Hall–Kier alpha value is -1.03. The van der Waals surface area contributed by atoms with E-state index in [1.807, 2.05) is 0 Å². The molecule has 0 heterocycles. The van der Waals surface area contributed by atoms with Crippen molar-refractivity contribution in [2.75, 3.05) is 26.4 Å². The Labute approximate surface area is 235 Å². The van der Waals surface area contributed by atoms with E-state index >= 15 is 0 Å². The van der Waals surface area contributed by atoms with Gasteiger partial charge in [0.15, 0.2) is 6.10 Å². The van der Waals surface area contributed by atoms with E-state index in [9.17, 15) is 24.2 Å². The number of carbonyl (C=O) groups is 2. The van der Waals surface area contributed by atoms with E-state index in [0.29, 0.717) is 6.42 Å². The summed E-state index contributed by atoms with van der Waals surface area (Å²) >= 11 is 0. The summed E-state index contributed by atoms with van der Waals surface area (Å²) < 4.78 is 31.6. The Balaban J connectivity index is 4.00. The largest absolute Gasteiger partial charge is 0.472 e. The number of unbranched alkanes of at least 4 members (excludes halogenated alkanes) is 15. The second kappa shape index (κ2) is 25.9. The van der Waals surface area contributed by atoms with Gasteiger partial charge in [0.05, 0.1) is 19.8 Å². The topological polar surface area (TPSA) is 149 Å². The van der Waals surface area contributed by atoms with E-state index in [-0.39, 0.29) is 19.4 Å². The van der Waals surface area contributed by atoms with Crippen molar-refractivity contribution < 1.29 is 47.8 Å². The predicted molar refractivity (Wildman–Crippen MR) is 150 cm³/mol. The van der Waals surface area contributed by atoms with Gasteiger partial charge in [-0.05, 0) is 6.42 Å². The summed E-state index contributed by atoms with van der Waals surface area (Å²) in [5, 5.41) is 18.0. The van der Waals surface area contributed by atoms with Crippen LogP contribution in [0.4, 0.5) is 0 Å². The van der Waals surface area contributed by atoms with Crippen molar-refractivity contribution in [2.24, 2.45) is 0 Å². The SMILES string of the molecule is CCCCCCCCCCCCCCCCCCC(=O)OC(COC(=O)CC)COP(=O)(O)OCC(O)CO. The van der Waals surface area contributed by atoms with Crippen molar-refractivity contribution in [3.05, 3.63) is 0 Å². The zero-order chi connectivity index (χ0) is 29.2. The number of ether oxygens (including phenoxy) is 2. The molecule has 232 valence electrons. The number of hydrogen-bond donors (Lipinski definition) is 3. The van der Waals surface area contributed by atoms with Crippen LogP contribution in [-0.2, 0) is 32.7 Å². The highest BCUT2D eigenvalue weighted by atomic mass is 31.2. The number of phosphoric acid groups is 1. The average molecular weight is 583 g/mol. The first-order valence-electron chi connectivity index (χ1n) is 15.0. The molecule has 0 aliphatic heterocycles. The lowest BCUT2D eigenvalue weighted by atomic mass is 10.0. The molecule has 0 saturated heterocycles. The van der Waals surface area contributed by atoms with Crippen LogP contribution in [0.25, 0.3) is 0 Å². The lowest BCUT2D eigenvalue weighted by molar-refractivity contribution is -0.161. The van der Waals surface area contributed by atoms with Gasteiger partial charge >= 0.3 is 19.8 Å². The molecule has 0 rings (SSSR count). The molecule has 0 amide bonds. The summed E-state index contributed by atoms with van der Waals surface area (Å²) in [5.41, 5.74) is 0. The molecule has 3 unspecified atom stereocenters. The number of hydrogen-bond acceptors (Lipinski definition) is 9. The molecular formula is C28H55O10P. The Bertz CT molecular complexity index is 646. The van der Waals surface area contributed by atoms with Gasteiger partial charge in [-0.2, -0.15) is 0 Å². The normalized spacial score (nSPS) is 14.5. The number of phosphoric ester groups is 1. The maximum Gasteiger partial charge on any atom is 0.472 e. The van der Waals surface area contributed by atoms with Crippen molar-refractivity contribution in [1.82, 2.24) is 0 Å². The zero-order valence-corrected chi connectivity index (χ0v) is 25.3. The summed E-state index contributed by atoms with van der Waals surface area (Å²) in [5.74, 6) is -1.02. The first-order chi connectivity index (χ1) is 18.7. The smallest absolute Gasteiger partial charge is 0.462 e. The summed E-state index contributed by atoms with van der Waals surface area (Å²) in [6.07, 6.45) is 17.6. The molecule has 0 bridgehead atoms. The highest BCUT2D eigenvalue weighted by Gasteiger charge is 2.27. The predicted octanol–water partition coefficient (Wildman–Crippen LogP) is 5.99. The summed E-state index contributed by atoms with van der Waals surface area (Å²) in [6, 6.07) is 0. The van der Waals surface area contributed by atoms with Crippen LogP contribution in [0.5, 0.6) is 0 Å². The second-order valence-electron chi connectivity index (χ2n) is 10.1. The molecule has 10 nitrogen and oxygen atoms in total. The van der Waals surface area contributed by atoms with Gasteiger partial charge in [0, 0.05) is 12.8 Å². The third kappa shape index (κ3) is 25.7. The molecule has 3 atom stereocenters. The molecule has 39 heavy (non-hydrogen) atoms. The van der Waals surface area contributed by atoms with Gasteiger partial charge in [-0.3, -0.25) is 18.6 Å². The van der Waals surface area contributed by atoms with E-state index in [0.717, 1.165) is 19.3 Å². The van der Waals surface area contributed by atoms with Gasteiger partial charge in [-0.15, -0.1) is 0 Å². The van der Waals surface area contributed by atoms with E-state index < -0.39 is 51.8 Å². The molecule has 0 saturated carbocycles. The van der Waals surface area contributed by atoms with Crippen molar-refractivity contribution in [3.8, 4) is 0 Å². The van der Waals surface area contributed by atoms with E-state index in [4.69, 9.17) is 19.1 Å². The van der Waals surface area contributed by atoms with Crippen LogP contribution >= 0.6 is 7.82 Å². The van der Waals surface area contributed by atoms with Crippen molar-refractivity contribution in [2.45, 2.75) is 142 Å². The number of aliphatic hydroxyl groups is 2. The number of esters is 2. The van der Waals surface area contributed by atoms with Crippen LogP contribution in [0, 0.1) is 0 Å².